The largest absolute Gasteiger partial charge is 0.378 e. The van der Waals surface area contributed by atoms with E-state index in [2.05, 4.69) is 20.6 Å². The molecule has 90 valence electrons. The van der Waals surface area contributed by atoms with Crippen molar-refractivity contribution in [2.24, 2.45) is 5.41 Å². The Balaban J connectivity index is 2.06. The number of hydrogen-bond acceptors (Lipinski definition) is 5. The molecule has 2 N–H and O–H groups in total. The summed E-state index contributed by atoms with van der Waals surface area (Å²) in [6, 6.07) is -0.102. The predicted octanol–water partition coefficient (Wildman–Crippen LogP) is 0.899. The molecule has 1 aromatic rings. The van der Waals surface area contributed by atoms with Crippen LogP contribution in [-0.2, 0) is 9.53 Å². The predicted molar refractivity (Wildman–Crippen MR) is 62.0 cm³/mol. The highest BCUT2D eigenvalue weighted by molar-refractivity contribution is 6.28. The lowest BCUT2D eigenvalue weighted by Crippen LogP contribution is -2.44. The topological polar surface area (TPSA) is 76.1 Å². The van der Waals surface area contributed by atoms with E-state index in [1.807, 2.05) is 6.92 Å². The van der Waals surface area contributed by atoms with Crippen molar-refractivity contribution in [1.29, 1.82) is 0 Å². The number of hydrogen-bond donors (Lipinski definition) is 2. The first-order valence-corrected chi connectivity index (χ1v) is 5.66. The lowest BCUT2D eigenvalue weighted by atomic mass is 9.84. The molecule has 7 heteroatoms. The second kappa shape index (κ2) is 3.54. The molecular formula is C10H11ClN4O2. The van der Waals surface area contributed by atoms with Gasteiger partial charge in [-0.1, -0.05) is 0 Å². The average Bonchev–Trinajstić information content (AvgIpc) is 2.61. The normalized spacial score (nSPS) is 30.9. The van der Waals surface area contributed by atoms with E-state index in [4.69, 9.17) is 16.3 Å². The van der Waals surface area contributed by atoms with Gasteiger partial charge in [0, 0.05) is 0 Å². The van der Waals surface area contributed by atoms with Crippen LogP contribution in [0.1, 0.15) is 6.92 Å². The molecule has 1 amide bonds. The van der Waals surface area contributed by atoms with E-state index in [1.54, 1.807) is 0 Å². The maximum atomic E-state index is 12.1. The molecule has 0 radical (unpaired) electrons. The van der Waals surface area contributed by atoms with E-state index in [-0.39, 0.29) is 17.2 Å². The first-order chi connectivity index (χ1) is 8.09. The Morgan fingerprint density at radius 1 is 1.65 bits per heavy atom. The Bertz CT molecular complexity index is 495. The maximum Gasteiger partial charge on any atom is 0.234 e. The molecule has 17 heavy (non-hydrogen) atoms. The average molecular weight is 255 g/mol. The van der Waals surface area contributed by atoms with Crippen LogP contribution in [-0.4, -0.2) is 35.1 Å². The molecule has 1 aromatic heterocycles. The van der Waals surface area contributed by atoms with Crippen LogP contribution in [0.4, 0.5) is 11.5 Å². The molecule has 3 rings (SSSR count). The zero-order chi connectivity index (χ0) is 12.0. The molecule has 2 aliphatic heterocycles. The number of carbonyl (C=O) groups excluding carboxylic acids is 1. The number of halogens is 1. The van der Waals surface area contributed by atoms with Gasteiger partial charge in [0.1, 0.15) is 5.69 Å². The van der Waals surface area contributed by atoms with E-state index in [9.17, 15) is 4.79 Å². The number of fused-ring (bicyclic) bond motifs is 2. The summed E-state index contributed by atoms with van der Waals surface area (Å²) in [5.74, 6) is 0.453. The number of carbonyl (C=O) groups is 1. The van der Waals surface area contributed by atoms with Crippen molar-refractivity contribution in [3.63, 3.8) is 0 Å². The molecule has 6 nitrogen and oxygen atoms in total. The molecule has 2 atom stereocenters. The highest BCUT2D eigenvalue weighted by Gasteiger charge is 2.48. The van der Waals surface area contributed by atoms with Gasteiger partial charge in [-0.25, -0.2) is 4.98 Å². The van der Waals surface area contributed by atoms with E-state index in [1.165, 1.54) is 6.20 Å². The van der Waals surface area contributed by atoms with Crippen LogP contribution in [0.25, 0.3) is 0 Å². The summed E-state index contributed by atoms with van der Waals surface area (Å²) in [5, 5.41) is 6.13. The fourth-order valence-corrected chi connectivity index (χ4v) is 2.22. The van der Waals surface area contributed by atoms with Crippen LogP contribution >= 0.6 is 11.6 Å². The van der Waals surface area contributed by atoms with Crippen LogP contribution in [0.3, 0.4) is 0 Å². The number of rotatable bonds is 0. The summed E-state index contributed by atoms with van der Waals surface area (Å²) in [6.45, 7) is 2.74. The summed E-state index contributed by atoms with van der Waals surface area (Å²) in [7, 11) is 0. The Kier molecular flexibility index (Phi) is 2.24. The quantitative estimate of drug-likeness (QED) is 0.673. The second-order valence-corrected chi connectivity index (χ2v) is 4.82. The summed E-state index contributed by atoms with van der Waals surface area (Å²) in [4.78, 5) is 20.1. The third kappa shape index (κ3) is 1.56. The van der Waals surface area contributed by atoms with Crippen LogP contribution in [0.5, 0.6) is 0 Å². The number of anilines is 2. The smallest absolute Gasteiger partial charge is 0.234 e. The van der Waals surface area contributed by atoms with E-state index >= 15 is 0 Å². The van der Waals surface area contributed by atoms with Crippen molar-refractivity contribution < 1.29 is 9.53 Å². The Labute approximate surface area is 103 Å². The molecule has 0 bridgehead atoms. The number of aromatic nitrogens is 2. The zero-order valence-corrected chi connectivity index (χ0v) is 9.91. The fraction of sp³-hybridized carbons (Fsp3) is 0.500. The van der Waals surface area contributed by atoms with Gasteiger partial charge in [0.05, 0.1) is 30.9 Å². The van der Waals surface area contributed by atoms with Crippen molar-refractivity contribution in [3.05, 3.63) is 11.5 Å². The number of ether oxygens (including phenoxy) is 1. The van der Waals surface area contributed by atoms with Crippen LogP contribution in [0.15, 0.2) is 6.20 Å². The van der Waals surface area contributed by atoms with Crippen LogP contribution < -0.4 is 10.6 Å². The fourth-order valence-electron chi connectivity index (χ4n) is 2.09. The summed E-state index contributed by atoms with van der Waals surface area (Å²) < 4.78 is 5.37. The number of nitrogens with one attached hydrogen (secondary N) is 2. The molecule has 1 fully saturated rings. The van der Waals surface area contributed by atoms with E-state index < -0.39 is 5.41 Å². The third-order valence-corrected chi connectivity index (χ3v) is 3.47. The Morgan fingerprint density at radius 3 is 3.29 bits per heavy atom. The molecule has 2 aliphatic rings. The molecule has 0 spiro atoms. The molecular weight excluding hydrogens is 244 g/mol. The first kappa shape index (κ1) is 10.7. The standard InChI is InChI=1S/C10H11ClN4O2/c1-10-4-17-3-6(10)14-7-5(13-8(10)16)2-12-9(11)15-7/h2,6H,3-4H2,1H3,(H,13,16)(H,12,14,15). The third-order valence-electron chi connectivity index (χ3n) is 3.29. The van der Waals surface area contributed by atoms with E-state index in [0.29, 0.717) is 24.7 Å². The molecule has 2 unspecified atom stereocenters. The maximum absolute atomic E-state index is 12.1. The van der Waals surface area contributed by atoms with E-state index in [0.717, 1.165) is 0 Å². The van der Waals surface area contributed by atoms with Gasteiger partial charge in [0.15, 0.2) is 5.82 Å². The van der Waals surface area contributed by atoms with Gasteiger partial charge < -0.3 is 15.4 Å². The minimum Gasteiger partial charge on any atom is -0.378 e. The minimum absolute atomic E-state index is 0.0860. The Morgan fingerprint density at radius 2 is 2.47 bits per heavy atom. The molecule has 3 heterocycles. The monoisotopic (exact) mass is 254 g/mol. The zero-order valence-electron chi connectivity index (χ0n) is 9.16. The van der Waals surface area contributed by atoms with Crippen molar-refractivity contribution in [2.75, 3.05) is 23.8 Å². The van der Waals surface area contributed by atoms with Gasteiger partial charge in [-0.05, 0) is 18.5 Å². The number of nitrogens with zero attached hydrogens (tertiary/aromatic N) is 2. The number of amides is 1. The van der Waals surface area contributed by atoms with Gasteiger partial charge in [-0.15, -0.1) is 0 Å². The van der Waals surface area contributed by atoms with Crippen LogP contribution in [0, 0.1) is 5.41 Å². The lowest BCUT2D eigenvalue weighted by molar-refractivity contribution is -0.124. The molecule has 0 aromatic carbocycles. The second-order valence-electron chi connectivity index (χ2n) is 4.48. The highest BCUT2D eigenvalue weighted by atomic mass is 35.5. The summed E-state index contributed by atoms with van der Waals surface area (Å²) >= 11 is 5.74. The Hall–Kier alpha value is -1.40. The van der Waals surface area contributed by atoms with Crippen LogP contribution in [0.2, 0.25) is 5.28 Å². The van der Waals surface area contributed by atoms with Gasteiger partial charge in [0.25, 0.3) is 0 Å². The van der Waals surface area contributed by atoms with Gasteiger partial charge in [-0.2, -0.15) is 4.98 Å². The van der Waals surface area contributed by atoms with Gasteiger partial charge >= 0.3 is 0 Å². The minimum atomic E-state index is -0.590. The van der Waals surface area contributed by atoms with Crippen molar-refractivity contribution >= 4 is 29.0 Å². The van der Waals surface area contributed by atoms with Crippen molar-refractivity contribution in [1.82, 2.24) is 9.97 Å². The van der Waals surface area contributed by atoms with Gasteiger partial charge in [0.2, 0.25) is 11.2 Å². The highest BCUT2D eigenvalue weighted by Crippen LogP contribution is 2.36. The van der Waals surface area contributed by atoms with Crippen molar-refractivity contribution in [2.45, 2.75) is 13.0 Å². The summed E-state index contributed by atoms with van der Waals surface area (Å²) in [5.41, 5.74) is -0.0392. The van der Waals surface area contributed by atoms with Crippen molar-refractivity contribution in [3.8, 4) is 0 Å². The molecule has 1 saturated heterocycles. The lowest BCUT2D eigenvalue weighted by Gasteiger charge is -2.25. The SMILES string of the molecule is CC12COCC1Nc1nc(Cl)ncc1NC2=O. The molecule has 0 aliphatic carbocycles. The first-order valence-electron chi connectivity index (χ1n) is 5.28. The van der Waals surface area contributed by atoms with Gasteiger partial charge in [-0.3, -0.25) is 4.79 Å². The molecule has 0 saturated carbocycles. The summed E-state index contributed by atoms with van der Waals surface area (Å²) in [6.07, 6.45) is 1.50.